The number of hydrogen-bond acceptors (Lipinski definition) is 8. The Kier molecular flexibility index (Phi) is 10.00. The van der Waals surface area contributed by atoms with Crippen molar-refractivity contribution in [3.63, 3.8) is 0 Å². The van der Waals surface area contributed by atoms with E-state index in [1.807, 2.05) is 25.7 Å². The van der Waals surface area contributed by atoms with E-state index in [1.54, 1.807) is 9.80 Å². The second-order valence-corrected chi connectivity index (χ2v) is 11.5. The zero-order chi connectivity index (χ0) is 27.2. The molecule has 12 heteroatoms. The fraction of sp³-hybridized carbons (Fsp3) is 0.840. The number of carboxylic acids is 1. The van der Waals surface area contributed by atoms with E-state index in [4.69, 9.17) is 25.7 Å². The summed E-state index contributed by atoms with van der Waals surface area (Å²) in [7, 11) is 0. The first-order chi connectivity index (χ1) is 17.4. The minimum absolute atomic E-state index is 0.00953. The van der Waals surface area contributed by atoms with Crippen LogP contribution in [0.25, 0.3) is 0 Å². The highest BCUT2D eigenvalue weighted by Crippen LogP contribution is 2.29. The molecule has 0 aromatic rings. The Bertz CT molecular complexity index is 825. The predicted octanol–water partition coefficient (Wildman–Crippen LogP) is 1.63. The fourth-order valence-electron chi connectivity index (χ4n) is 5.33. The van der Waals surface area contributed by atoms with Crippen molar-refractivity contribution in [2.45, 2.75) is 70.6 Å². The number of carbonyl (C=O) groups excluding carboxylic acids is 2. The summed E-state index contributed by atoms with van der Waals surface area (Å²) in [6.45, 7) is 10.9. The van der Waals surface area contributed by atoms with Gasteiger partial charge in [-0.25, -0.2) is 9.59 Å². The van der Waals surface area contributed by atoms with Gasteiger partial charge in [-0.1, -0.05) is 12.8 Å². The van der Waals surface area contributed by atoms with Gasteiger partial charge >= 0.3 is 18.2 Å². The largest absolute Gasteiger partial charge is 0.480 e. The zero-order valence-electron chi connectivity index (χ0n) is 22.5. The molecule has 0 aromatic carbocycles. The Morgan fingerprint density at radius 1 is 1.14 bits per heavy atom. The zero-order valence-corrected chi connectivity index (χ0v) is 22.5. The highest BCUT2D eigenvalue weighted by Gasteiger charge is 2.36. The number of piperazine rings is 1. The van der Waals surface area contributed by atoms with E-state index < -0.39 is 23.7 Å². The molecule has 0 aliphatic carbocycles. The number of ether oxygens (including phenoxy) is 2. The molecule has 0 aromatic heterocycles. The molecular formula is C25H44N6O6. The number of aliphatic carboxylic acids is 1. The number of nitrogens with one attached hydrogen (secondary N) is 1. The van der Waals surface area contributed by atoms with Gasteiger partial charge in [-0.15, -0.1) is 0 Å². The van der Waals surface area contributed by atoms with Crippen molar-refractivity contribution < 1.29 is 29.0 Å². The monoisotopic (exact) mass is 524 g/mol. The van der Waals surface area contributed by atoms with Crippen molar-refractivity contribution in [1.29, 1.82) is 5.41 Å². The Morgan fingerprint density at radius 2 is 1.81 bits per heavy atom. The lowest BCUT2D eigenvalue weighted by atomic mass is 9.86. The number of amidine groups is 1. The number of nitrogens with two attached hydrogens (primary N) is 1. The molecule has 0 spiro atoms. The van der Waals surface area contributed by atoms with Crippen LogP contribution >= 0.6 is 0 Å². The van der Waals surface area contributed by atoms with Crippen molar-refractivity contribution in [1.82, 2.24) is 19.6 Å². The average molecular weight is 525 g/mol. The molecule has 3 unspecified atom stereocenters. The molecule has 4 N–H and O–H groups in total. The topological polar surface area (TPSA) is 153 Å². The lowest BCUT2D eigenvalue weighted by molar-refractivity contribution is -0.138. The molecular weight excluding hydrogens is 480 g/mol. The van der Waals surface area contributed by atoms with Crippen molar-refractivity contribution in [3.8, 4) is 0 Å². The van der Waals surface area contributed by atoms with Crippen molar-refractivity contribution in [2.24, 2.45) is 11.7 Å². The van der Waals surface area contributed by atoms with Crippen molar-refractivity contribution in [2.75, 3.05) is 58.9 Å². The number of rotatable bonds is 10. The summed E-state index contributed by atoms with van der Waals surface area (Å²) in [5, 5.41) is 16.9. The summed E-state index contributed by atoms with van der Waals surface area (Å²) < 4.78 is 11.1. The first-order valence-corrected chi connectivity index (χ1v) is 13.4. The number of nitrogens with zero attached hydrogens (tertiary/aromatic N) is 4. The van der Waals surface area contributed by atoms with E-state index in [9.17, 15) is 14.4 Å². The van der Waals surface area contributed by atoms with E-state index in [2.05, 4.69) is 4.90 Å². The maximum atomic E-state index is 12.6. The van der Waals surface area contributed by atoms with Crippen LogP contribution < -0.4 is 5.73 Å². The van der Waals surface area contributed by atoms with E-state index >= 15 is 0 Å². The summed E-state index contributed by atoms with van der Waals surface area (Å²) in [6.07, 6.45) is 3.42. The Labute approximate surface area is 219 Å². The summed E-state index contributed by atoms with van der Waals surface area (Å²) in [6, 6.07) is -0.436. The third-order valence-corrected chi connectivity index (χ3v) is 7.22. The first kappa shape index (κ1) is 29.0. The van der Waals surface area contributed by atoms with Crippen LogP contribution in [0.5, 0.6) is 0 Å². The third kappa shape index (κ3) is 9.03. The van der Waals surface area contributed by atoms with E-state index in [0.717, 1.165) is 38.8 Å². The third-order valence-electron chi connectivity index (χ3n) is 7.22. The number of carbonyl (C=O) groups is 3. The van der Waals surface area contributed by atoms with Crippen LogP contribution in [-0.2, 0) is 14.3 Å². The molecule has 12 nitrogen and oxygen atoms in total. The van der Waals surface area contributed by atoms with Gasteiger partial charge in [0.05, 0.1) is 19.1 Å². The minimum Gasteiger partial charge on any atom is -0.480 e. The quantitative estimate of drug-likeness (QED) is 0.220. The second-order valence-electron chi connectivity index (χ2n) is 11.5. The smallest absolute Gasteiger partial charge is 0.410 e. The Hall–Kier alpha value is -2.60. The molecule has 3 rings (SSSR count). The summed E-state index contributed by atoms with van der Waals surface area (Å²) in [5.41, 5.74) is 5.23. The molecule has 0 bridgehead atoms. The molecule has 0 radical (unpaired) electrons. The number of hydrogen-bond donors (Lipinski definition) is 3. The van der Waals surface area contributed by atoms with Crippen LogP contribution in [0.3, 0.4) is 0 Å². The number of piperidine rings is 1. The van der Waals surface area contributed by atoms with Gasteiger partial charge in [0.25, 0.3) is 0 Å². The number of amides is 2. The first-order valence-electron chi connectivity index (χ1n) is 13.4. The van der Waals surface area contributed by atoms with Crippen LogP contribution in [0.2, 0.25) is 0 Å². The van der Waals surface area contributed by atoms with E-state index in [1.165, 1.54) is 0 Å². The molecule has 3 fully saturated rings. The van der Waals surface area contributed by atoms with Crippen molar-refractivity contribution >= 4 is 24.0 Å². The molecule has 0 saturated carbocycles. The predicted molar refractivity (Wildman–Crippen MR) is 138 cm³/mol. The van der Waals surface area contributed by atoms with E-state index in [0.29, 0.717) is 51.6 Å². The summed E-state index contributed by atoms with van der Waals surface area (Å²) in [4.78, 5) is 43.3. The van der Waals surface area contributed by atoms with Gasteiger partial charge in [-0.2, -0.15) is 0 Å². The number of carboxylic acid groups (broad SMARTS) is 1. The van der Waals surface area contributed by atoms with Gasteiger partial charge in [0, 0.05) is 45.8 Å². The second kappa shape index (κ2) is 12.8. The normalized spacial score (nSPS) is 25.7. The number of unbranched alkanes of at least 4 members (excludes halogenated alkanes) is 1. The van der Waals surface area contributed by atoms with Gasteiger partial charge in [0.1, 0.15) is 17.5 Å². The molecule has 3 heterocycles. The fourth-order valence-corrected chi connectivity index (χ4v) is 5.33. The van der Waals surface area contributed by atoms with Crippen LogP contribution in [0, 0.1) is 11.3 Å². The van der Waals surface area contributed by atoms with Crippen LogP contribution in [0.1, 0.15) is 52.9 Å². The molecule has 210 valence electrons. The number of cyclic esters (lactones) is 1. The highest BCUT2D eigenvalue weighted by atomic mass is 16.6. The molecule has 3 aliphatic rings. The lowest BCUT2D eigenvalue weighted by Gasteiger charge is -2.39. The summed E-state index contributed by atoms with van der Waals surface area (Å²) >= 11 is 0. The van der Waals surface area contributed by atoms with Gasteiger partial charge in [0.15, 0.2) is 0 Å². The molecule has 3 saturated heterocycles. The maximum Gasteiger partial charge on any atom is 0.410 e. The maximum absolute atomic E-state index is 12.6. The van der Waals surface area contributed by atoms with E-state index in [-0.39, 0.29) is 24.6 Å². The average Bonchev–Trinajstić information content (AvgIpc) is 3.15. The Morgan fingerprint density at radius 3 is 2.43 bits per heavy atom. The molecule has 37 heavy (non-hydrogen) atoms. The lowest BCUT2D eigenvalue weighted by Crippen LogP contribution is -2.53. The van der Waals surface area contributed by atoms with Crippen molar-refractivity contribution in [3.05, 3.63) is 0 Å². The SMILES string of the molecule is CC(C)(C)OC(=O)N1CCC(CCCCN2CC(CN3CCN(CC(=O)O)CC3)OC2=O)CC1C(=N)N. The van der Waals surface area contributed by atoms with Gasteiger partial charge in [-0.05, 0) is 46.0 Å². The number of likely N-dealkylation sites (tertiary alicyclic amines) is 1. The molecule has 2 amide bonds. The molecule has 3 aliphatic heterocycles. The molecule has 3 atom stereocenters. The van der Waals surface area contributed by atoms with Crippen LogP contribution in [-0.4, -0.2) is 125 Å². The standard InChI is InChI=1S/C25H44N6O6/c1-25(2,3)37-24(35)31-9-7-18(14-20(31)22(26)27)6-4-5-8-30-16-19(36-23(30)34)15-28-10-12-29(13-11-28)17-21(32)33/h18-20H,4-17H2,1-3H3,(H3,26,27)(H,32,33). The minimum atomic E-state index is -0.807. The van der Waals surface area contributed by atoms with Crippen LogP contribution in [0.4, 0.5) is 9.59 Å². The highest BCUT2D eigenvalue weighted by molar-refractivity contribution is 5.86. The summed E-state index contributed by atoms with van der Waals surface area (Å²) in [5.74, 6) is -0.450. The van der Waals surface area contributed by atoms with Gasteiger partial charge in [-0.3, -0.25) is 24.9 Å². The van der Waals surface area contributed by atoms with Gasteiger partial charge in [0.2, 0.25) is 0 Å². The van der Waals surface area contributed by atoms with Crippen LogP contribution in [0.15, 0.2) is 0 Å². The van der Waals surface area contributed by atoms with Gasteiger partial charge < -0.3 is 25.2 Å². The Balaban J connectivity index is 1.34.